The fourth-order valence-corrected chi connectivity index (χ4v) is 2.12. The van der Waals surface area contributed by atoms with Gasteiger partial charge < -0.3 is 0 Å². The van der Waals surface area contributed by atoms with Crippen LogP contribution < -0.4 is 5.30 Å². The quantitative estimate of drug-likeness (QED) is 0.603. The number of rotatable bonds is 1. The first-order valence-corrected chi connectivity index (χ1v) is 5.98. The summed E-state index contributed by atoms with van der Waals surface area (Å²) in [4.78, 5) is 0. The molecule has 1 unspecified atom stereocenters. The lowest BCUT2D eigenvalue weighted by atomic mass is 10.1. The Morgan fingerprint density at radius 2 is 1.92 bits per heavy atom. The second kappa shape index (κ2) is 3.47. The third-order valence-corrected chi connectivity index (χ3v) is 3.28. The summed E-state index contributed by atoms with van der Waals surface area (Å²) in [5, 5.41) is 4.19. The van der Waals surface area contributed by atoms with Gasteiger partial charge in [0, 0.05) is 0 Å². The van der Waals surface area contributed by atoms with Gasteiger partial charge in [-0.15, -0.1) is 0 Å². The van der Waals surface area contributed by atoms with Crippen LogP contribution in [-0.4, -0.2) is 6.66 Å². The molecule has 2 aromatic rings. The Morgan fingerprint density at radius 1 is 1.08 bits per heavy atom. The molecule has 0 heterocycles. The normalized spacial score (nSPS) is 11.5. The minimum absolute atomic E-state index is 0.890. The van der Waals surface area contributed by atoms with E-state index in [-0.39, 0.29) is 0 Å². The van der Waals surface area contributed by atoms with Crippen molar-refractivity contribution in [2.45, 2.75) is 6.92 Å². The standard InChI is InChI=1S/C12H13P/c1-9-4-3-5-10-6-7-11(13-2)8-12(9)10/h3-8,13H,1-2H3. The first-order valence-electron chi connectivity index (χ1n) is 4.48. The molecule has 0 saturated carbocycles. The van der Waals surface area contributed by atoms with Crippen molar-refractivity contribution < 1.29 is 0 Å². The molecule has 0 amide bonds. The van der Waals surface area contributed by atoms with Gasteiger partial charge in [0.15, 0.2) is 0 Å². The van der Waals surface area contributed by atoms with E-state index in [0.29, 0.717) is 0 Å². The van der Waals surface area contributed by atoms with Crippen LogP contribution in [-0.2, 0) is 0 Å². The summed E-state index contributed by atoms with van der Waals surface area (Å²) < 4.78 is 0. The zero-order valence-corrected chi connectivity index (χ0v) is 8.96. The molecule has 0 saturated heterocycles. The Labute approximate surface area is 80.8 Å². The van der Waals surface area contributed by atoms with E-state index in [1.807, 2.05) is 0 Å². The number of fused-ring (bicyclic) bond motifs is 1. The van der Waals surface area contributed by atoms with Crippen molar-refractivity contribution in [1.82, 2.24) is 0 Å². The van der Waals surface area contributed by atoms with Crippen LogP contribution in [0.1, 0.15) is 5.56 Å². The highest BCUT2D eigenvalue weighted by molar-refractivity contribution is 7.46. The zero-order valence-electron chi connectivity index (χ0n) is 7.96. The SMILES string of the molecule is CPc1ccc2cccc(C)c2c1. The molecular formula is C12H13P. The fraction of sp³-hybridized carbons (Fsp3) is 0.167. The Hall–Kier alpha value is -0.870. The highest BCUT2D eigenvalue weighted by Gasteiger charge is 1.96. The highest BCUT2D eigenvalue weighted by atomic mass is 31.1. The molecule has 13 heavy (non-hydrogen) atoms. The third kappa shape index (κ3) is 1.59. The van der Waals surface area contributed by atoms with E-state index in [1.54, 1.807) is 0 Å². The van der Waals surface area contributed by atoms with Crippen LogP contribution in [0.5, 0.6) is 0 Å². The average Bonchev–Trinajstić information content (AvgIpc) is 2.18. The Kier molecular flexibility index (Phi) is 2.33. The molecule has 66 valence electrons. The summed E-state index contributed by atoms with van der Waals surface area (Å²) in [5.74, 6) is 0. The summed E-state index contributed by atoms with van der Waals surface area (Å²) in [6, 6.07) is 13.2. The topological polar surface area (TPSA) is 0 Å². The van der Waals surface area contributed by atoms with Gasteiger partial charge in [-0.1, -0.05) is 38.9 Å². The molecule has 0 aliphatic rings. The Balaban J connectivity index is 2.74. The molecular weight excluding hydrogens is 175 g/mol. The first kappa shape index (κ1) is 8.72. The van der Waals surface area contributed by atoms with Gasteiger partial charge in [0.2, 0.25) is 0 Å². The number of hydrogen-bond donors (Lipinski definition) is 0. The molecule has 2 rings (SSSR count). The monoisotopic (exact) mass is 188 g/mol. The maximum absolute atomic E-state index is 2.31. The first-order chi connectivity index (χ1) is 6.31. The van der Waals surface area contributed by atoms with Crippen LogP contribution in [0.2, 0.25) is 0 Å². The second-order valence-corrected chi connectivity index (χ2v) is 4.34. The van der Waals surface area contributed by atoms with E-state index < -0.39 is 0 Å². The van der Waals surface area contributed by atoms with Crippen LogP contribution in [0, 0.1) is 6.92 Å². The van der Waals surface area contributed by atoms with E-state index in [2.05, 4.69) is 50.0 Å². The van der Waals surface area contributed by atoms with Crippen molar-refractivity contribution in [3.05, 3.63) is 42.0 Å². The molecule has 0 nitrogen and oxygen atoms in total. The molecule has 1 atom stereocenters. The van der Waals surface area contributed by atoms with Crippen LogP contribution in [0.25, 0.3) is 10.8 Å². The molecule has 0 aromatic heterocycles. The molecule has 0 aliphatic carbocycles. The number of benzene rings is 2. The lowest BCUT2D eigenvalue weighted by molar-refractivity contribution is 1.54. The predicted octanol–water partition coefficient (Wildman–Crippen LogP) is 3.08. The predicted molar refractivity (Wildman–Crippen MR) is 62.6 cm³/mol. The molecule has 0 bridgehead atoms. The lowest BCUT2D eigenvalue weighted by Gasteiger charge is -2.03. The van der Waals surface area contributed by atoms with Crippen molar-refractivity contribution in [2.24, 2.45) is 0 Å². The van der Waals surface area contributed by atoms with Crippen molar-refractivity contribution in [2.75, 3.05) is 6.66 Å². The van der Waals surface area contributed by atoms with Crippen molar-refractivity contribution in [3.63, 3.8) is 0 Å². The van der Waals surface area contributed by atoms with Gasteiger partial charge in [-0.3, -0.25) is 0 Å². The summed E-state index contributed by atoms with van der Waals surface area (Å²) in [6.07, 6.45) is 0. The Morgan fingerprint density at radius 3 is 2.69 bits per heavy atom. The van der Waals surface area contributed by atoms with Gasteiger partial charge in [0.25, 0.3) is 0 Å². The molecule has 0 aliphatic heterocycles. The van der Waals surface area contributed by atoms with E-state index in [0.717, 1.165) is 8.58 Å². The van der Waals surface area contributed by atoms with Crippen LogP contribution in [0.4, 0.5) is 0 Å². The summed E-state index contributed by atoms with van der Waals surface area (Å²) in [7, 11) is 0.890. The van der Waals surface area contributed by atoms with Gasteiger partial charge in [-0.05, 0) is 41.3 Å². The van der Waals surface area contributed by atoms with Crippen molar-refractivity contribution in [3.8, 4) is 0 Å². The highest BCUT2D eigenvalue weighted by Crippen LogP contribution is 2.18. The van der Waals surface area contributed by atoms with Gasteiger partial charge in [-0.2, -0.15) is 0 Å². The average molecular weight is 188 g/mol. The number of hydrogen-bond acceptors (Lipinski definition) is 0. The van der Waals surface area contributed by atoms with Crippen molar-refractivity contribution >= 4 is 24.7 Å². The molecule has 0 spiro atoms. The Bertz CT molecular complexity index is 432. The van der Waals surface area contributed by atoms with Crippen molar-refractivity contribution in [1.29, 1.82) is 0 Å². The van der Waals surface area contributed by atoms with Gasteiger partial charge in [0.1, 0.15) is 0 Å². The zero-order chi connectivity index (χ0) is 9.26. The smallest absolute Gasteiger partial charge is 0.0148 e. The fourth-order valence-electron chi connectivity index (χ4n) is 1.58. The van der Waals surface area contributed by atoms with Crippen LogP contribution >= 0.6 is 8.58 Å². The van der Waals surface area contributed by atoms with Gasteiger partial charge in [-0.25, -0.2) is 0 Å². The van der Waals surface area contributed by atoms with Gasteiger partial charge in [0.05, 0.1) is 0 Å². The summed E-state index contributed by atoms with van der Waals surface area (Å²) in [6.45, 7) is 4.39. The minimum atomic E-state index is 0.890. The molecule has 0 radical (unpaired) electrons. The van der Waals surface area contributed by atoms with E-state index in [4.69, 9.17) is 0 Å². The van der Waals surface area contributed by atoms with Crippen LogP contribution in [0.15, 0.2) is 36.4 Å². The maximum Gasteiger partial charge on any atom is -0.0148 e. The number of aryl methyl sites for hydroxylation is 1. The molecule has 0 fully saturated rings. The molecule has 0 N–H and O–H groups in total. The third-order valence-electron chi connectivity index (χ3n) is 2.39. The minimum Gasteiger partial charge on any atom is -0.0936 e. The lowest BCUT2D eigenvalue weighted by Crippen LogP contribution is -1.92. The van der Waals surface area contributed by atoms with E-state index >= 15 is 0 Å². The van der Waals surface area contributed by atoms with Gasteiger partial charge >= 0.3 is 0 Å². The maximum atomic E-state index is 2.31. The molecule has 2 aromatic carbocycles. The summed E-state index contributed by atoms with van der Waals surface area (Å²) >= 11 is 0. The van der Waals surface area contributed by atoms with E-state index in [1.165, 1.54) is 21.6 Å². The largest absolute Gasteiger partial charge is 0.0936 e. The van der Waals surface area contributed by atoms with Crippen LogP contribution in [0.3, 0.4) is 0 Å². The molecule has 1 heteroatoms. The van der Waals surface area contributed by atoms with E-state index in [9.17, 15) is 0 Å². The summed E-state index contributed by atoms with van der Waals surface area (Å²) in [5.41, 5.74) is 1.37. The second-order valence-electron chi connectivity index (χ2n) is 3.26.